The summed E-state index contributed by atoms with van der Waals surface area (Å²) in [5, 5.41) is 0. The highest BCUT2D eigenvalue weighted by molar-refractivity contribution is 5.16. The van der Waals surface area contributed by atoms with Crippen molar-refractivity contribution >= 4 is 0 Å². The van der Waals surface area contributed by atoms with Gasteiger partial charge in [0, 0.05) is 12.6 Å². The Kier molecular flexibility index (Phi) is 2.82. The predicted molar refractivity (Wildman–Crippen MR) is 55.8 cm³/mol. The summed E-state index contributed by atoms with van der Waals surface area (Å²) in [5.41, 5.74) is 1.22. The second kappa shape index (κ2) is 4.09. The molecule has 1 nitrogen and oxygen atoms in total. The topological polar surface area (TPSA) is 3.24 Å². The van der Waals surface area contributed by atoms with E-state index in [4.69, 9.17) is 0 Å². The lowest BCUT2D eigenvalue weighted by atomic mass is 10.1. The maximum Gasteiger partial charge on any atom is 0.123 e. The lowest BCUT2D eigenvalue weighted by molar-refractivity contribution is 0.328. The second-order valence-corrected chi connectivity index (χ2v) is 4.09. The van der Waals surface area contributed by atoms with Gasteiger partial charge >= 0.3 is 0 Å². The summed E-state index contributed by atoms with van der Waals surface area (Å²) in [6.45, 7) is 1.08. The molecule has 0 radical (unpaired) electrons. The fraction of sp³-hybridized carbons (Fsp3) is 0.500. The van der Waals surface area contributed by atoms with Crippen LogP contribution in [0.2, 0.25) is 0 Å². The van der Waals surface area contributed by atoms with E-state index in [1.807, 2.05) is 12.1 Å². The molecule has 2 rings (SSSR count). The summed E-state index contributed by atoms with van der Waals surface area (Å²) in [7, 11) is 2.17. The van der Waals surface area contributed by atoms with Gasteiger partial charge in [0.25, 0.3) is 0 Å². The third kappa shape index (κ3) is 2.55. The largest absolute Gasteiger partial charge is 0.303 e. The highest BCUT2D eigenvalue weighted by Crippen LogP contribution is 2.25. The lowest BCUT2D eigenvalue weighted by Crippen LogP contribution is -2.23. The molecule has 2 heteroatoms. The van der Waals surface area contributed by atoms with Gasteiger partial charge < -0.3 is 4.90 Å². The summed E-state index contributed by atoms with van der Waals surface area (Å²) in [5.74, 6) is -0.149. The number of halogens is 1. The molecule has 0 saturated heterocycles. The van der Waals surface area contributed by atoms with Gasteiger partial charge in [-0.2, -0.15) is 0 Å². The van der Waals surface area contributed by atoms with Crippen molar-refractivity contribution in [3.8, 4) is 0 Å². The molecule has 0 atom stereocenters. The van der Waals surface area contributed by atoms with E-state index in [0.717, 1.165) is 19.0 Å². The van der Waals surface area contributed by atoms with Crippen molar-refractivity contribution in [3.05, 3.63) is 35.6 Å². The number of rotatable bonds is 4. The molecule has 0 amide bonds. The van der Waals surface area contributed by atoms with E-state index in [-0.39, 0.29) is 5.82 Å². The Morgan fingerprint density at radius 1 is 1.29 bits per heavy atom. The standard InChI is InChI=1S/C12H16FN/c1-14(12-6-7-12)9-8-10-2-4-11(13)5-3-10/h2-5,12H,6-9H2,1H3. The Hall–Kier alpha value is -0.890. The van der Waals surface area contributed by atoms with Gasteiger partial charge in [0.2, 0.25) is 0 Å². The van der Waals surface area contributed by atoms with Crippen LogP contribution in [0.3, 0.4) is 0 Å². The van der Waals surface area contributed by atoms with E-state index >= 15 is 0 Å². The van der Waals surface area contributed by atoms with Crippen LogP contribution in [0.15, 0.2) is 24.3 Å². The van der Waals surface area contributed by atoms with Crippen LogP contribution in [0.4, 0.5) is 4.39 Å². The van der Waals surface area contributed by atoms with Gasteiger partial charge in [0.15, 0.2) is 0 Å². The first-order valence-corrected chi connectivity index (χ1v) is 5.20. The molecule has 1 saturated carbocycles. The van der Waals surface area contributed by atoms with Crippen LogP contribution in [-0.2, 0) is 6.42 Å². The van der Waals surface area contributed by atoms with Crippen molar-refractivity contribution < 1.29 is 4.39 Å². The molecular formula is C12H16FN. The monoisotopic (exact) mass is 193 g/mol. The fourth-order valence-electron chi connectivity index (χ4n) is 1.65. The molecule has 0 N–H and O–H groups in total. The van der Waals surface area contributed by atoms with E-state index < -0.39 is 0 Å². The minimum atomic E-state index is -0.149. The summed E-state index contributed by atoms with van der Waals surface area (Å²) in [6.07, 6.45) is 3.72. The molecule has 1 aromatic carbocycles. The van der Waals surface area contributed by atoms with Crippen molar-refractivity contribution in [2.45, 2.75) is 25.3 Å². The Labute approximate surface area is 84.5 Å². The van der Waals surface area contributed by atoms with Crippen LogP contribution in [0.5, 0.6) is 0 Å². The van der Waals surface area contributed by atoms with E-state index in [9.17, 15) is 4.39 Å². The van der Waals surface area contributed by atoms with Crippen LogP contribution in [0.1, 0.15) is 18.4 Å². The van der Waals surface area contributed by atoms with Gasteiger partial charge in [-0.25, -0.2) is 4.39 Å². The Balaban J connectivity index is 1.82. The van der Waals surface area contributed by atoms with E-state index in [1.165, 1.54) is 30.5 Å². The second-order valence-electron chi connectivity index (χ2n) is 4.09. The molecule has 0 bridgehead atoms. The van der Waals surface area contributed by atoms with E-state index in [1.54, 1.807) is 0 Å². The summed E-state index contributed by atoms with van der Waals surface area (Å²) in [4.78, 5) is 2.39. The van der Waals surface area contributed by atoms with Gasteiger partial charge in [-0.1, -0.05) is 12.1 Å². The zero-order chi connectivity index (χ0) is 9.97. The molecule has 0 heterocycles. The Morgan fingerprint density at radius 3 is 2.50 bits per heavy atom. The van der Waals surface area contributed by atoms with Gasteiger partial charge in [-0.05, 0) is 44.0 Å². The molecule has 0 spiro atoms. The van der Waals surface area contributed by atoms with Crippen molar-refractivity contribution in [1.82, 2.24) is 4.90 Å². The summed E-state index contributed by atoms with van der Waals surface area (Å²) >= 11 is 0. The van der Waals surface area contributed by atoms with Crippen LogP contribution >= 0.6 is 0 Å². The highest BCUT2D eigenvalue weighted by Gasteiger charge is 2.25. The molecule has 0 aromatic heterocycles. The van der Waals surface area contributed by atoms with Gasteiger partial charge in [0.05, 0.1) is 0 Å². The van der Waals surface area contributed by atoms with Crippen LogP contribution in [-0.4, -0.2) is 24.5 Å². The average molecular weight is 193 g/mol. The SMILES string of the molecule is CN(CCc1ccc(F)cc1)C1CC1. The molecule has 0 unspecified atom stereocenters. The first kappa shape index (κ1) is 9.66. The Bertz CT molecular complexity index is 290. The molecule has 1 aromatic rings. The number of hydrogen-bond donors (Lipinski definition) is 0. The maximum absolute atomic E-state index is 12.6. The number of benzene rings is 1. The maximum atomic E-state index is 12.6. The van der Waals surface area contributed by atoms with Crippen molar-refractivity contribution in [2.75, 3.05) is 13.6 Å². The summed E-state index contributed by atoms with van der Waals surface area (Å²) < 4.78 is 12.6. The fourth-order valence-corrected chi connectivity index (χ4v) is 1.65. The smallest absolute Gasteiger partial charge is 0.123 e. The van der Waals surface area contributed by atoms with E-state index in [2.05, 4.69) is 11.9 Å². The summed E-state index contributed by atoms with van der Waals surface area (Å²) in [6, 6.07) is 7.63. The molecule has 14 heavy (non-hydrogen) atoms. The molecular weight excluding hydrogens is 177 g/mol. The van der Waals surface area contributed by atoms with E-state index in [0.29, 0.717) is 0 Å². The third-order valence-electron chi connectivity index (χ3n) is 2.84. The van der Waals surface area contributed by atoms with Crippen molar-refractivity contribution in [3.63, 3.8) is 0 Å². The molecule has 76 valence electrons. The number of hydrogen-bond acceptors (Lipinski definition) is 1. The zero-order valence-electron chi connectivity index (χ0n) is 8.54. The Morgan fingerprint density at radius 2 is 1.93 bits per heavy atom. The van der Waals surface area contributed by atoms with Gasteiger partial charge in [-0.3, -0.25) is 0 Å². The minimum Gasteiger partial charge on any atom is -0.303 e. The van der Waals surface area contributed by atoms with Crippen LogP contribution < -0.4 is 0 Å². The number of likely N-dealkylation sites (N-methyl/N-ethyl adjacent to an activating group) is 1. The van der Waals surface area contributed by atoms with Crippen molar-refractivity contribution in [1.29, 1.82) is 0 Å². The van der Waals surface area contributed by atoms with Crippen LogP contribution in [0, 0.1) is 5.82 Å². The van der Waals surface area contributed by atoms with Gasteiger partial charge in [0.1, 0.15) is 5.82 Å². The first-order chi connectivity index (χ1) is 6.75. The zero-order valence-corrected chi connectivity index (χ0v) is 8.54. The lowest BCUT2D eigenvalue weighted by Gasteiger charge is -2.15. The molecule has 1 aliphatic carbocycles. The quantitative estimate of drug-likeness (QED) is 0.710. The molecule has 1 fully saturated rings. The molecule has 0 aliphatic heterocycles. The highest BCUT2D eigenvalue weighted by atomic mass is 19.1. The molecule has 1 aliphatic rings. The predicted octanol–water partition coefficient (Wildman–Crippen LogP) is 2.46. The van der Waals surface area contributed by atoms with Crippen LogP contribution in [0.25, 0.3) is 0 Å². The van der Waals surface area contributed by atoms with Gasteiger partial charge in [-0.15, -0.1) is 0 Å². The third-order valence-corrected chi connectivity index (χ3v) is 2.84. The van der Waals surface area contributed by atoms with Crippen molar-refractivity contribution in [2.24, 2.45) is 0 Å². The average Bonchev–Trinajstić information content (AvgIpc) is 3.00. The minimum absolute atomic E-state index is 0.149. The normalized spacial score (nSPS) is 16.2. The number of nitrogens with zero attached hydrogens (tertiary/aromatic N) is 1. The first-order valence-electron chi connectivity index (χ1n) is 5.20.